The SMILES string of the molecule is CCOC1=N[C@H](C(C)C)C(OCC)=N[C@H]1Cc1c([Si](CC)(CC)CC)[nH]c2cc(F)c(F)cc12. The average molecular weight is 492 g/mol. The number of aliphatic imine (C=N–C) groups is 2. The molecular weight excluding hydrogens is 452 g/mol. The maximum Gasteiger partial charge on any atom is 0.210 e. The zero-order valence-electron chi connectivity index (χ0n) is 21.6. The molecule has 1 aliphatic heterocycles. The summed E-state index contributed by atoms with van der Waals surface area (Å²) >= 11 is 0. The van der Waals surface area contributed by atoms with Crippen LogP contribution in [0.3, 0.4) is 0 Å². The summed E-state index contributed by atoms with van der Waals surface area (Å²) in [5.41, 5.74) is 1.64. The molecule has 0 saturated carbocycles. The Bertz CT molecular complexity index is 1050. The summed E-state index contributed by atoms with van der Waals surface area (Å²) in [6, 6.07) is 5.17. The van der Waals surface area contributed by atoms with Gasteiger partial charge in [0.25, 0.3) is 0 Å². The topological polar surface area (TPSA) is 59.0 Å². The molecule has 3 rings (SSSR count). The molecule has 0 radical (unpaired) electrons. The van der Waals surface area contributed by atoms with Gasteiger partial charge in [-0.2, -0.15) is 0 Å². The molecule has 1 aromatic heterocycles. The molecule has 0 unspecified atom stereocenters. The lowest BCUT2D eigenvalue weighted by Crippen LogP contribution is -2.49. The van der Waals surface area contributed by atoms with Gasteiger partial charge in [-0.15, -0.1) is 0 Å². The number of hydrogen-bond donors (Lipinski definition) is 1. The third-order valence-corrected chi connectivity index (χ3v) is 12.8. The number of benzene rings is 1. The monoisotopic (exact) mass is 491 g/mol. The zero-order valence-corrected chi connectivity index (χ0v) is 22.6. The van der Waals surface area contributed by atoms with Gasteiger partial charge in [0.05, 0.1) is 13.2 Å². The quantitative estimate of drug-likeness (QED) is 0.439. The Morgan fingerprint density at radius 3 is 2.06 bits per heavy atom. The predicted molar refractivity (Wildman–Crippen MR) is 139 cm³/mol. The molecule has 1 N–H and O–H groups in total. The zero-order chi connectivity index (χ0) is 25.0. The Kier molecular flexibility index (Phi) is 8.55. The number of ether oxygens (including phenoxy) is 2. The molecule has 0 spiro atoms. The molecule has 2 aromatic rings. The first-order valence-corrected chi connectivity index (χ1v) is 15.3. The van der Waals surface area contributed by atoms with Gasteiger partial charge < -0.3 is 14.5 Å². The Balaban J connectivity index is 2.19. The van der Waals surface area contributed by atoms with E-state index < -0.39 is 19.7 Å². The normalized spacial score (nSPS) is 18.9. The predicted octanol–water partition coefficient (Wildman–Crippen LogP) is 5.98. The van der Waals surface area contributed by atoms with Crippen LogP contribution in [0.1, 0.15) is 54.0 Å². The minimum absolute atomic E-state index is 0.192. The van der Waals surface area contributed by atoms with Crippen LogP contribution >= 0.6 is 0 Å². The highest BCUT2D eigenvalue weighted by Crippen LogP contribution is 2.30. The van der Waals surface area contributed by atoms with Crippen LogP contribution in [0, 0.1) is 17.6 Å². The van der Waals surface area contributed by atoms with Crippen LogP contribution in [0.5, 0.6) is 0 Å². The van der Waals surface area contributed by atoms with Gasteiger partial charge >= 0.3 is 0 Å². The van der Waals surface area contributed by atoms with E-state index in [9.17, 15) is 8.78 Å². The van der Waals surface area contributed by atoms with Crippen LogP contribution in [-0.2, 0) is 15.9 Å². The van der Waals surface area contributed by atoms with Crippen molar-refractivity contribution in [1.82, 2.24) is 4.98 Å². The van der Waals surface area contributed by atoms with Crippen LogP contribution in [0.2, 0.25) is 18.1 Å². The van der Waals surface area contributed by atoms with Gasteiger partial charge in [0.2, 0.25) is 11.8 Å². The molecular formula is C26H39F2N3O2Si. The molecule has 1 aliphatic rings. The Morgan fingerprint density at radius 2 is 1.50 bits per heavy atom. The van der Waals surface area contributed by atoms with E-state index in [1.807, 2.05) is 13.8 Å². The fourth-order valence-electron chi connectivity index (χ4n) is 5.07. The van der Waals surface area contributed by atoms with Crippen molar-refractivity contribution in [2.24, 2.45) is 15.9 Å². The molecule has 0 bridgehead atoms. The molecule has 0 aliphatic carbocycles. The molecule has 2 atom stereocenters. The standard InChI is InChI=1S/C26H39F2N3O2Si/c1-8-32-24-22(29-25(33-9-2)23(31-24)16(6)7)14-18-17-13-19(27)20(28)15-21(17)30-26(18)34(10-3,11-4)12-5/h13,15-16,22-23,30H,8-12,14H2,1-7H3/t22-,23+/m0/s1. The van der Waals surface area contributed by atoms with Gasteiger partial charge in [-0.25, -0.2) is 18.8 Å². The minimum atomic E-state index is -1.91. The molecule has 8 heteroatoms. The smallest absolute Gasteiger partial charge is 0.210 e. The lowest BCUT2D eigenvalue weighted by molar-refractivity contribution is 0.276. The number of H-pyrrole nitrogens is 1. The summed E-state index contributed by atoms with van der Waals surface area (Å²) in [5.74, 6) is -0.257. The third-order valence-electron chi connectivity index (χ3n) is 7.21. The fraction of sp³-hybridized carbons (Fsp3) is 0.615. The lowest BCUT2D eigenvalue weighted by Gasteiger charge is -2.31. The highest BCUT2D eigenvalue weighted by molar-refractivity contribution is 6.91. The maximum absolute atomic E-state index is 14.4. The lowest BCUT2D eigenvalue weighted by atomic mass is 10.00. The Hall–Kier alpha value is -2.22. The first-order chi connectivity index (χ1) is 16.2. The fourth-order valence-corrected chi connectivity index (χ4v) is 8.90. The van der Waals surface area contributed by atoms with Gasteiger partial charge in [-0.3, -0.25) is 0 Å². The van der Waals surface area contributed by atoms with Crippen molar-refractivity contribution in [2.75, 3.05) is 13.2 Å². The Labute approximate surface area is 203 Å². The third kappa shape index (κ3) is 4.92. The van der Waals surface area contributed by atoms with Crippen molar-refractivity contribution >= 4 is 36.1 Å². The molecule has 0 fully saturated rings. The second kappa shape index (κ2) is 11.0. The van der Waals surface area contributed by atoms with Crippen molar-refractivity contribution in [3.05, 3.63) is 29.3 Å². The summed E-state index contributed by atoms with van der Waals surface area (Å²) in [7, 11) is -1.91. The van der Waals surface area contributed by atoms with E-state index in [1.165, 1.54) is 12.1 Å². The van der Waals surface area contributed by atoms with E-state index in [0.717, 1.165) is 34.4 Å². The van der Waals surface area contributed by atoms with Gasteiger partial charge in [-0.05, 0) is 31.4 Å². The van der Waals surface area contributed by atoms with Crippen molar-refractivity contribution < 1.29 is 18.3 Å². The highest BCUT2D eigenvalue weighted by atomic mass is 28.3. The van der Waals surface area contributed by atoms with E-state index in [2.05, 4.69) is 39.6 Å². The number of nitrogens with zero attached hydrogens (tertiary/aromatic N) is 2. The number of fused-ring (bicyclic) bond motifs is 1. The number of halogens is 2. The number of rotatable bonds is 9. The minimum Gasteiger partial charge on any atom is -0.480 e. The van der Waals surface area contributed by atoms with E-state index in [0.29, 0.717) is 36.9 Å². The Morgan fingerprint density at radius 1 is 0.912 bits per heavy atom. The van der Waals surface area contributed by atoms with Crippen molar-refractivity contribution in [2.45, 2.75) is 85.1 Å². The molecule has 0 amide bonds. The molecule has 1 aromatic carbocycles. The number of aromatic amines is 1. The van der Waals surface area contributed by atoms with Gasteiger partial charge in [0.15, 0.2) is 11.6 Å². The van der Waals surface area contributed by atoms with Gasteiger partial charge in [0.1, 0.15) is 20.2 Å². The molecule has 34 heavy (non-hydrogen) atoms. The van der Waals surface area contributed by atoms with Crippen LogP contribution in [0.15, 0.2) is 22.1 Å². The second-order valence-electron chi connectivity index (χ2n) is 9.34. The van der Waals surface area contributed by atoms with E-state index in [4.69, 9.17) is 19.5 Å². The number of nitrogens with one attached hydrogen (secondary N) is 1. The number of hydrogen-bond acceptors (Lipinski definition) is 4. The molecule has 2 heterocycles. The van der Waals surface area contributed by atoms with Gasteiger partial charge in [0, 0.05) is 28.7 Å². The summed E-state index contributed by atoms with van der Waals surface area (Å²) in [6.45, 7) is 15.7. The molecule has 0 saturated heterocycles. The summed E-state index contributed by atoms with van der Waals surface area (Å²) < 4.78 is 40.4. The van der Waals surface area contributed by atoms with Crippen molar-refractivity contribution in [1.29, 1.82) is 0 Å². The van der Waals surface area contributed by atoms with Crippen molar-refractivity contribution in [3.8, 4) is 0 Å². The van der Waals surface area contributed by atoms with Crippen LogP contribution in [0.4, 0.5) is 8.78 Å². The summed E-state index contributed by atoms with van der Waals surface area (Å²) in [5, 5.41) is 1.88. The number of aromatic nitrogens is 1. The molecule has 188 valence electrons. The highest BCUT2D eigenvalue weighted by Gasteiger charge is 2.37. The summed E-state index contributed by atoms with van der Waals surface area (Å²) in [6.07, 6.45) is 0.495. The average Bonchev–Trinajstić information content (AvgIpc) is 3.15. The second-order valence-corrected chi connectivity index (χ2v) is 14.5. The van der Waals surface area contributed by atoms with Gasteiger partial charge in [-0.1, -0.05) is 52.8 Å². The van der Waals surface area contributed by atoms with Crippen LogP contribution in [0.25, 0.3) is 10.9 Å². The maximum atomic E-state index is 14.4. The van der Waals surface area contributed by atoms with E-state index >= 15 is 0 Å². The van der Waals surface area contributed by atoms with E-state index in [-0.39, 0.29) is 18.0 Å². The summed E-state index contributed by atoms with van der Waals surface area (Å²) in [4.78, 5) is 13.4. The largest absolute Gasteiger partial charge is 0.480 e. The van der Waals surface area contributed by atoms with Crippen LogP contribution in [-0.4, -0.2) is 50.2 Å². The first kappa shape index (κ1) is 26.4. The first-order valence-electron chi connectivity index (χ1n) is 12.7. The van der Waals surface area contributed by atoms with Crippen LogP contribution < -0.4 is 5.32 Å². The molecule has 5 nitrogen and oxygen atoms in total. The van der Waals surface area contributed by atoms with Crippen molar-refractivity contribution in [3.63, 3.8) is 0 Å². The van der Waals surface area contributed by atoms with E-state index in [1.54, 1.807) is 0 Å².